The molecule has 0 N–H and O–H groups in total. The lowest BCUT2D eigenvalue weighted by atomic mass is 9.98. The van der Waals surface area contributed by atoms with E-state index < -0.39 is 67.2 Å². The van der Waals surface area contributed by atoms with E-state index in [0.29, 0.717) is 0 Å². The molecule has 1 rings (SSSR count). The number of rotatable bonds is 6. The van der Waals surface area contributed by atoms with Gasteiger partial charge in [0.15, 0.2) is 12.2 Å². The highest BCUT2D eigenvalue weighted by Crippen LogP contribution is 2.29. The minimum atomic E-state index is -1.48. The van der Waals surface area contributed by atoms with Gasteiger partial charge in [-0.3, -0.25) is 24.0 Å². The van der Waals surface area contributed by atoms with E-state index in [0.717, 1.165) is 34.6 Å². The Kier molecular flexibility index (Phi) is 8.16. The molecule has 0 aromatic carbocycles. The summed E-state index contributed by atoms with van der Waals surface area (Å²) in [5.74, 6) is -3.71. The normalized spacial score (nSPS) is 27.1. The van der Waals surface area contributed by atoms with Crippen molar-refractivity contribution in [1.29, 1.82) is 0 Å². The van der Waals surface area contributed by atoms with Crippen molar-refractivity contribution < 1.29 is 52.4 Å². The van der Waals surface area contributed by atoms with Crippen molar-refractivity contribution >= 4 is 29.8 Å². The number of carbonyl (C=O) groups is 5. The summed E-state index contributed by atoms with van der Waals surface area (Å²) in [6.07, 6.45) is -6.70. The molecule has 1 saturated heterocycles. The first-order chi connectivity index (χ1) is 12.5. The van der Waals surface area contributed by atoms with E-state index in [1.165, 1.54) is 0 Å². The van der Waals surface area contributed by atoms with Gasteiger partial charge in [-0.2, -0.15) is 0 Å². The summed E-state index contributed by atoms with van der Waals surface area (Å²) >= 11 is 0. The Morgan fingerprint density at radius 1 is 0.630 bits per heavy atom. The lowest BCUT2D eigenvalue weighted by Crippen LogP contribution is -2.63. The Balaban J connectivity index is 3.29. The third-order valence-electron chi connectivity index (χ3n) is 3.23. The Hall–Kier alpha value is -2.69. The molecule has 11 nitrogen and oxygen atoms in total. The highest BCUT2D eigenvalue weighted by Gasteiger charge is 2.53. The van der Waals surface area contributed by atoms with E-state index >= 15 is 0 Å². The second kappa shape index (κ2) is 9.86. The van der Waals surface area contributed by atoms with Crippen LogP contribution in [0.1, 0.15) is 34.6 Å². The van der Waals surface area contributed by atoms with Crippen LogP contribution in [0.2, 0.25) is 0 Å². The second-order valence-electron chi connectivity index (χ2n) is 5.68. The average Bonchev–Trinajstić information content (AvgIpc) is 2.49. The molecule has 1 aliphatic heterocycles. The summed E-state index contributed by atoms with van der Waals surface area (Å²) in [6.45, 7) is 5.13. The van der Waals surface area contributed by atoms with Gasteiger partial charge in [0, 0.05) is 34.6 Å². The van der Waals surface area contributed by atoms with Crippen LogP contribution in [0, 0.1) is 0 Å². The van der Waals surface area contributed by atoms with E-state index in [2.05, 4.69) is 0 Å². The molecule has 5 atom stereocenters. The first kappa shape index (κ1) is 22.4. The van der Waals surface area contributed by atoms with Crippen LogP contribution >= 0.6 is 0 Å². The molecule has 0 spiro atoms. The fraction of sp³-hybridized carbons (Fsp3) is 0.688. The first-order valence-electron chi connectivity index (χ1n) is 7.99. The smallest absolute Gasteiger partial charge is 0.305 e. The fourth-order valence-corrected chi connectivity index (χ4v) is 2.45. The molecular formula is C16H22O11. The van der Waals surface area contributed by atoms with E-state index in [9.17, 15) is 24.0 Å². The molecule has 1 aliphatic rings. The van der Waals surface area contributed by atoms with Crippen molar-refractivity contribution in [3.05, 3.63) is 0 Å². The predicted octanol–water partition coefficient (Wildman–Crippen LogP) is -0.367. The predicted molar refractivity (Wildman–Crippen MR) is 83.7 cm³/mol. The van der Waals surface area contributed by atoms with Crippen molar-refractivity contribution in [3.8, 4) is 0 Å². The topological polar surface area (TPSA) is 141 Å². The van der Waals surface area contributed by atoms with Crippen LogP contribution in [-0.2, 0) is 52.4 Å². The van der Waals surface area contributed by atoms with Crippen LogP contribution in [0.25, 0.3) is 0 Å². The van der Waals surface area contributed by atoms with Gasteiger partial charge in [-0.1, -0.05) is 0 Å². The van der Waals surface area contributed by atoms with Gasteiger partial charge in [0.05, 0.1) is 0 Å². The fourth-order valence-electron chi connectivity index (χ4n) is 2.45. The Labute approximate surface area is 155 Å². The summed E-state index contributed by atoms with van der Waals surface area (Å²) in [4.78, 5) is 57.0. The molecule has 0 aliphatic carbocycles. The van der Waals surface area contributed by atoms with Crippen molar-refractivity contribution in [2.24, 2.45) is 0 Å². The molecule has 0 aromatic heterocycles. The van der Waals surface area contributed by atoms with E-state index in [-0.39, 0.29) is 0 Å². The third-order valence-corrected chi connectivity index (χ3v) is 3.23. The van der Waals surface area contributed by atoms with Gasteiger partial charge in [-0.05, 0) is 0 Å². The van der Waals surface area contributed by atoms with Crippen LogP contribution in [0.15, 0.2) is 0 Å². The SMILES string of the molecule is CC(=O)OC[C@H]1O[C@H](OC(C)=O)[C@@H](OC(C)=O)[C@H](OC(C)=O)[C@H]1OC(C)=O. The molecule has 0 radical (unpaired) electrons. The van der Waals surface area contributed by atoms with Gasteiger partial charge in [0.1, 0.15) is 12.7 Å². The zero-order valence-electron chi connectivity index (χ0n) is 15.6. The van der Waals surface area contributed by atoms with E-state index in [4.69, 9.17) is 28.4 Å². The average molecular weight is 390 g/mol. The van der Waals surface area contributed by atoms with Crippen LogP contribution in [0.4, 0.5) is 0 Å². The van der Waals surface area contributed by atoms with Crippen molar-refractivity contribution in [3.63, 3.8) is 0 Å². The lowest BCUT2D eigenvalue weighted by Gasteiger charge is -2.43. The van der Waals surface area contributed by atoms with Crippen LogP contribution in [0.5, 0.6) is 0 Å². The summed E-state index contributed by atoms with van der Waals surface area (Å²) < 4.78 is 30.8. The van der Waals surface area contributed by atoms with E-state index in [1.54, 1.807) is 0 Å². The Morgan fingerprint density at radius 3 is 1.52 bits per heavy atom. The number of esters is 5. The maximum atomic E-state index is 11.5. The standard InChI is InChI=1S/C16H22O11/c1-7(17)22-6-12-13(23-8(2)18)14(24-9(3)19)15(25-10(4)20)16(27-12)26-11(5)21/h12-16H,6H2,1-5H3/t12-,13+,14-,15+,16+/m1/s1. The van der Waals surface area contributed by atoms with Gasteiger partial charge in [0.2, 0.25) is 12.4 Å². The Morgan fingerprint density at radius 2 is 1.07 bits per heavy atom. The zero-order valence-corrected chi connectivity index (χ0v) is 15.6. The molecule has 1 heterocycles. The minimum Gasteiger partial charge on any atom is -0.463 e. The molecule has 27 heavy (non-hydrogen) atoms. The lowest BCUT2D eigenvalue weighted by molar-refractivity contribution is -0.300. The molecule has 11 heteroatoms. The summed E-state index contributed by atoms with van der Waals surface area (Å²) in [7, 11) is 0. The largest absolute Gasteiger partial charge is 0.463 e. The number of hydrogen-bond donors (Lipinski definition) is 0. The Bertz CT molecular complexity index is 599. The zero-order chi connectivity index (χ0) is 20.7. The highest BCUT2D eigenvalue weighted by molar-refractivity contribution is 5.69. The minimum absolute atomic E-state index is 0.393. The molecule has 0 bridgehead atoms. The van der Waals surface area contributed by atoms with Crippen molar-refractivity contribution in [2.45, 2.75) is 65.3 Å². The third kappa shape index (κ3) is 7.21. The van der Waals surface area contributed by atoms with Gasteiger partial charge in [0.25, 0.3) is 0 Å². The summed E-state index contributed by atoms with van der Waals surface area (Å²) in [5.41, 5.74) is 0. The number of hydrogen-bond acceptors (Lipinski definition) is 11. The number of carbonyl (C=O) groups excluding carboxylic acids is 5. The molecule has 0 saturated carbocycles. The number of ether oxygens (including phenoxy) is 6. The summed E-state index contributed by atoms with van der Waals surface area (Å²) in [6, 6.07) is 0. The quantitative estimate of drug-likeness (QED) is 0.433. The molecular weight excluding hydrogens is 368 g/mol. The second-order valence-corrected chi connectivity index (χ2v) is 5.68. The van der Waals surface area contributed by atoms with Crippen molar-refractivity contribution in [1.82, 2.24) is 0 Å². The van der Waals surface area contributed by atoms with Gasteiger partial charge in [-0.25, -0.2) is 0 Å². The molecule has 0 aromatic rings. The molecule has 1 fully saturated rings. The maximum absolute atomic E-state index is 11.5. The van der Waals surface area contributed by atoms with Crippen LogP contribution in [0.3, 0.4) is 0 Å². The van der Waals surface area contributed by atoms with Gasteiger partial charge < -0.3 is 28.4 Å². The summed E-state index contributed by atoms with van der Waals surface area (Å²) in [5, 5.41) is 0. The van der Waals surface area contributed by atoms with Gasteiger partial charge in [-0.15, -0.1) is 0 Å². The van der Waals surface area contributed by atoms with Crippen LogP contribution < -0.4 is 0 Å². The molecule has 0 unspecified atom stereocenters. The highest BCUT2D eigenvalue weighted by atomic mass is 16.7. The van der Waals surface area contributed by atoms with Crippen LogP contribution in [-0.4, -0.2) is 67.2 Å². The first-order valence-corrected chi connectivity index (χ1v) is 7.99. The molecule has 0 amide bonds. The maximum Gasteiger partial charge on any atom is 0.305 e. The van der Waals surface area contributed by atoms with Crippen molar-refractivity contribution in [2.75, 3.05) is 6.61 Å². The monoisotopic (exact) mass is 390 g/mol. The van der Waals surface area contributed by atoms with E-state index in [1.807, 2.05) is 0 Å². The van der Waals surface area contributed by atoms with Gasteiger partial charge >= 0.3 is 29.8 Å². The molecule has 152 valence electrons.